The Morgan fingerprint density at radius 3 is 3.00 bits per heavy atom. The molecular weight excluding hydrogens is 207 g/mol. The summed E-state index contributed by atoms with van der Waals surface area (Å²) in [4.78, 5) is 3.86. The maximum absolute atomic E-state index is 12.6. The second kappa shape index (κ2) is 5.25. The van der Waals surface area contributed by atoms with Gasteiger partial charge in [-0.1, -0.05) is 0 Å². The molecule has 3 nitrogen and oxygen atoms in total. The van der Waals surface area contributed by atoms with Gasteiger partial charge in [-0.25, -0.2) is 9.37 Å². The number of pyridine rings is 1. The molecule has 2 rings (SSSR count). The molecular formula is C12H17FN2O. The third-order valence-corrected chi connectivity index (χ3v) is 2.93. The first-order chi connectivity index (χ1) is 7.74. The average molecular weight is 224 g/mol. The van der Waals surface area contributed by atoms with Crippen LogP contribution in [0.25, 0.3) is 0 Å². The monoisotopic (exact) mass is 224 g/mol. The Hall–Kier alpha value is -1.16. The normalized spacial score (nSPS) is 25.4. The number of hydrogen-bond acceptors (Lipinski definition) is 3. The number of ether oxygens (including phenoxy) is 1. The van der Waals surface area contributed by atoms with Crippen molar-refractivity contribution in [1.29, 1.82) is 0 Å². The number of rotatable bonds is 3. The van der Waals surface area contributed by atoms with Crippen molar-refractivity contribution < 1.29 is 9.13 Å². The van der Waals surface area contributed by atoms with Crippen molar-refractivity contribution in [2.75, 3.05) is 13.2 Å². The highest BCUT2D eigenvalue weighted by molar-refractivity contribution is 5.10. The van der Waals surface area contributed by atoms with Gasteiger partial charge in [-0.2, -0.15) is 0 Å². The van der Waals surface area contributed by atoms with Gasteiger partial charge < -0.3 is 10.1 Å². The molecule has 1 saturated heterocycles. The average Bonchev–Trinajstić information content (AvgIpc) is 2.30. The van der Waals surface area contributed by atoms with Crippen molar-refractivity contribution in [2.45, 2.75) is 25.8 Å². The van der Waals surface area contributed by atoms with Crippen LogP contribution in [0.1, 0.15) is 19.8 Å². The molecule has 0 unspecified atom stereocenters. The first-order valence-corrected chi connectivity index (χ1v) is 5.72. The number of aromatic nitrogens is 1. The van der Waals surface area contributed by atoms with Gasteiger partial charge in [0.15, 0.2) is 0 Å². The molecule has 1 aromatic heterocycles. The lowest BCUT2D eigenvalue weighted by atomic mass is 9.96. The zero-order valence-electron chi connectivity index (χ0n) is 9.45. The van der Waals surface area contributed by atoms with Crippen molar-refractivity contribution in [1.82, 2.24) is 10.3 Å². The Balaban J connectivity index is 1.77. The summed E-state index contributed by atoms with van der Waals surface area (Å²) in [7, 11) is 0. The summed E-state index contributed by atoms with van der Waals surface area (Å²) in [5.74, 6) is 0.698. The molecule has 1 aliphatic rings. The van der Waals surface area contributed by atoms with Crippen LogP contribution in [0.4, 0.5) is 4.39 Å². The Bertz CT molecular complexity index is 320. The second-order valence-corrected chi connectivity index (χ2v) is 4.38. The summed E-state index contributed by atoms with van der Waals surface area (Å²) in [5, 5.41) is 3.42. The molecule has 2 heterocycles. The van der Waals surface area contributed by atoms with Crippen molar-refractivity contribution in [3.63, 3.8) is 0 Å². The van der Waals surface area contributed by atoms with Crippen molar-refractivity contribution in [3.8, 4) is 5.88 Å². The van der Waals surface area contributed by atoms with Crippen LogP contribution in [0.15, 0.2) is 18.3 Å². The van der Waals surface area contributed by atoms with E-state index in [0.29, 0.717) is 24.4 Å². The third-order valence-electron chi connectivity index (χ3n) is 2.93. The van der Waals surface area contributed by atoms with Gasteiger partial charge in [0.2, 0.25) is 5.88 Å². The minimum Gasteiger partial charge on any atom is -0.477 e. The predicted molar refractivity (Wildman–Crippen MR) is 59.9 cm³/mol. The van der Waals surface area contributed by atoms with E-state index in [9.17, 15) is 4.39 Å². The van der Waals surface area contributed by atoms with E-state index < -0.39 is 0 Å². The van der Waals surface area contributed by atoms with Gasteiger partial charge in [0.05, 0.1) is 12.8 Å². The van der Waals surface area contributed by atoms with Gasteiger partial charge in [0.25, 0.3) is 0 Å². The zero-order chi connectivity index (χ0) is 11.4. The molecule has 0 radical (unpaired) electrons. The lowest BCUT2D eigenvalue weighted by Gasteiger charge is -2.27. The number of piperidine rings is 1. The third kappa shape index (κ3) is 3.17. The van der Waals surface area contributed by atoms with Crippen LogP contribution < -0.4 is 10.1 Å². The molecule has 1 aromatic rings. The van der Waals surface area contributed by atoms with E-state index in [-0.39, 0.29) is 5.82 Å². The lowest BCUT2D eigenvalue weighted by Crippen LogP contribution is -2.39. The molecule has 88 valence electrons. The number of nitrogens with one attached hydrogen (secondary N) is 1. The molecule has 4 heteroatoms. The van der Waals surface area contributed by atoms with E-state index in [1.54, 1.807) is 6.07 Å². The van der Waals surface area contributed by atoms with Gasteiger partial charge in [-0.05, 0) is 25.8 Å². The molecule has 0 bridgehead atoms. The topological polar surface area (TPSA) is 34.1 Å². The minimum absolute atomic E-state index is 0.333. The van der Waals surface area contributed by atoms with Gasteiger partial charge in [0.1, 0.15) is 5.82 Å². The largest absolute Gasteiger partial charge is 0.477 e. The number of halogens is 1. The highest BCUT2D eigenvalue weighted by Gasteiger charge is 2.17. The zero-order valence-corrected chi connectivity index (χ0v) is 9.45. The van der Waals surface area contributed by atoms with Gasteiger partial charge >= 0.3 is 0 Å². The molecule has 0 saturated carbocycles. The Labute approximate surface area is 95.0 Å². The summed E-state index contributed by atoms with van der Waals surface area (Å²) in [5.41, 5.74) is 0. The molecule has 1 fully saturated rings. The predicted octanol–water partition coefficient (Wildman–Crippen LogP) is 1.99. The lowest BCUT2D eigenvalue weighted by molar-refractivity contribution is 0.198. The smallest absolute Gasteiger partial charge is 0.213 e. The van der Waals surface area contributed by atoms with Crippen LogP contribution in [0.3, 0.4) is 0 Å². The van der Waals surface area contributed by atoms with Crippen molar-refractivity contribution in [2.24, 2.45) is 5.92 Å². The van der Waals surface area contributed by atoms with Crippen LogP contribution in [-0.2, 0) is 0 Å². The molecule has 1 aliphatic heterocycles. The van der Waals surface area contributed by atoms with Crippen LogP contribution in [0, 0.1) is 11.7 Å². The second-order valence-electron chi connectivity index (χ2n) is 4.38. The first kappa shape index (κ1) is 11.3. The fourth-order valence-electron chi connectivity index (χ4n) is 1.85. The Kier molecular flexibility index (Phi) is 3.72. The van der Waals surface area contributed by atoms with E-state index in [4.69, 9.17) is 4.74 Å². The van der Waals surface area contributed by atoms with Gasteiger partial charge in [-0.15, -0.1) is 0 Å². The standard InChI is InChI=1S/C12H17FN2O/c1-9-2-3-10(6-14-9)8-16-12-5-4-11(13)7-15-12/h4-5,7,9-10,14H,2-3,6,8H2,1H3/t9-,10-/m0/s1. The highest BCUT2D eigenvalue weighted by Crippen LogP contribution is 2.15. The molecule has 2 atom stereocenters. The number of nitrogens with zero attached hydrogens (tertiary/aromatic N) is 1. The molecule has 0 spiro atoms. The maximum atomic E-state index is 12.6. The summed E-state index contributed by atoms with van der Waals surface area (Å²) < 4.78 is 18.1. The van der Waals surface area contributed by atoms with Crippen LogP contribution >= 0.6 is 0 Å². The first-order valence-electron chi connectivity index (χ1n) is 5.72. The highest BCUT2D eigenvalue weighted by atomic mass is 19.1. The van der Waals surface area contributed by atoms with Crippen LogP contribution in [0.5, 0.6) is 5.88 Å². The maximum Gasteiger partial charge on any atom is 0.213 e. The van der Waals surface area contributed by atoms with Crippen LogP contribution in [0.2, 0.25) is 0 Å². The summed E-state index contributed by atoms with van der Waals surface area (Å²) >= 11 is 0. The SMILES string of the molecule is C[C@H]1CC[C@H](COc2ccc(F)cn2)CN1. The Morgan fingerprint density at radius 2 is 2.38 bits per heavy atom. The van der Waals surface area contributed by atoms with Crippen LogP contribution in [-0.4, -0.2) is 24.2 Å². The van der Waals surface area contributed by atoms with E-state index in [1.807, 2.05) is 0 Å². The quantitative estimate of drug-likeness (QED) is 0.852. The van der Waals surface area contributed by atoms with E-state index >= 15 is 0 Å². The van der Waals surface area contributed by atoms with Gasteiger partial charge in [-0.3, -0.25) is 0 Å². The summed E-state index contributed by atoms with van der Waals surface area (Å²) in [6.07, 6.45) is 3.54. The summed E-state index contributed by atoms with van der Waals surface area (Å²) in [6.45, 7) is 3.83. The molecule has 1 N–H and O–H groups in total. The van der Waals surface area contributed by atoms with Crippen molar-refractivity contribution >= 4 is 0 Å². The van der Waals surface area contributed by atoms with E-state index in [2.05, 4.69) is 17.2 Å². The Morgan fingerprint density at radius 1 is 1.50 bits per heavy atom. The fourth-order valence-corrected chi connectivity index (χ4v) is 1.85. The van der Waals surface area contributed by atoms with E-state index in [0.717, 1.165) is 6.54 Å². The fraction of sp³-hybridized carbons (Fsp3) is 0.583. The molecule has 0 amide bonds. The molecule has 0 aromatic carbocycles. The van der Waals surface area contributed by atoms with Gasteiger partial charge in [0, 0.05) is 24.6 Å². The summed E-state index contributed by atoms with van der Waals surface area (Å²) in [6, 6.07) is 3.54. The minimum atomic E-state index is -0.333. The molecule has 16 heavy (non-hydrogen) atoms. The molecule has 0 aliphatic carbocycles. The van der Waals surface area contributed by atoms with Crippen molar-refractivity contribution in [3.05, 3.63) is 24.1 Å². The number of hydrogen-bond donors (Lipinski definition) is 1. The van der Waals surface area contributed by atoms with E-state index in [1.165, 1.54) is 25.1 Å².